The Bertz CT molecular complexity index is 489. The van der Waals surface area contributed by atoms with E-state index in [-0.39, 0.29) is 5.91 Å². The van der Waals surface area contributed by atoms with Crippen molar-refractivity contribution in [3.63, 3.8) is 0 Å². The van der Waals surface area contributed by atoms with Crippen molar-refractivity contribution in [2.75, 3.05) is 5.32 Å². The molecule has 0 spiro atoms. The molecule has 1 rings (SSSR count). The van der Waals surface area contributed by atoms with Gasteiger partial charge in [-0.05, 0) is 51.8 Å². The van der Waals surface area contributed by atoms with Crippen molar-refractivity contribution in [1.29, 1.82) is 0 Å². The fourth-order valence-corrected chi connectivity index (χ4v) is 1.62. The van der Waals surface area contributed by atoms with E-state index in [1.165, 1.54) is 5.56 Å². The third-order valence-corrected chi connectivity index (χ3v) is 2.76. The lowest BCUT2D eigenvalue weighted by Crippen LogP contribution is -2.43. The Balaban J connectivity index is 2.52. The number of nitrogens with one attached hydrogen (secondary N) is 2. The zero-order chi connectivity index (χ0) is 16.0. The number of amides is 2. The molecule has 0 heterocycles. The molecule has 116 valence electrons. The smallest absolute Gasteiger partial charge is 0.408 e. The van der Waals surface area contributed by atoms with Crippen molar-refractivity contribution in [2.45, 2.75) is 52.7 Å². The topological polar surface area (TPSA) is 67.4 Å². The number of carbonyl (C=O) groups is 2. The molecular formula is C16H24N2O3. The fraction of sp³-hybridized carbons (Fsp3) is 0.500. The summed E-state index contributed by atoms with van der Waals surface area (Å²) in [5.74, 6) is -0.287. The van der Waals surface area contributed by atoms with Crippen LogP contribution in [0.4, 0.5) is 10.5 Å². The average molecular weight is 292 g/mol. The third kappa shape index (κ3) is 6.29. The van der Waals surface area contributed by atoms with Crippen LogP contribution < -0.4 is 10.6 Å². The van der Waals surface area contributed by atoms with Gasteiger partial charge in [0.15, 0.2) is 0 Å². The van der Waals surface area contributed by atoms with E-state index in [1.54, 1.807) is 27.7 Å². The van der Waals surface area contributed by atoms with Crippen molar-refractivity contribution in [1.82, 2.24) is 5.32 Å². The van der Waals surface area contributed by atoms with Gasteiger partial charge in [-0.25, -0.2) is 4.79 Å². The molecule has 0 saturated heterocycles. The van der Waals surface area contributed by atoms with E-state index >= 15 is 0 Å². The summed E-state index contributed by atoms with van der Waals surface area (Å²) in [5.41, 5.74) is 1.32. The van der Waals surface area contributed by atoms with Gasteiger partial charge >= 0.3 is 6.09 Å². The predicted octanol–water partition coefficient (Wildman–Crippen LogP) is 3.10. The van der Waals surface area contributed by atoms with E-state index in [0.29, 0.717) is 5.69 Å². The van der Waals surface area contributed by atoms with Crippen LogP contribution in [0.15, 0.2) is 24.3 Å². The Morgan fingerprint density at radius 2 is 1.76 bits per heavy atom. The molecule has 0 saturated carbocycles. The van der Waals surface area contributed by atoms with Gasteiger partial charge in [-0.1, -0.05) is 19.1 Å². The van der Waals surface area contributed by atoms with Gasteiger partial charge in [-0.3, -0.25) is 4.79 Å². The number of rotatable bonds is 4. The lowest BCUT2D eigenvalue weighted by molar-refractivity contribution is -0.117. The molecule has 0 radical (unpaired) electrons. The van der Waals surface area contributed by atoms with Crippen molar-refractivity contribution < 1.29 is 14.3 Å². The Kier molecular flexibility index (Phi) is 5.76. The maximum absolute atomic E-state index is 12.0. The summed E-state index contributed by atoms with van der Waals surface area (Å²) in [4.78, 5) is 23.6. The third-order valence-electron chi connectivity index (χ3n) is 2.76. The van der Waals surface area contributed by atoms with Gasteiger partial charge in [0.25, 0.3) is 0 Å². The zero-order valence-corrected chi connectivity index (χ0v) is 13.3. The van der Waals surface area contributed by atoms with E-state index in [0.717, 1.165) is 6.42 Å². The summed E-state index contributed by atoms with van der Waals surface area (Å²) in [6.07, 6.45) is 0.344. The minimum Gasteiger partial charge on any atom is -0.444 e. The first kappa shape index (κ1) is 17.0. The SMILES string of the molecule is CCc1ccc(NC(=O)[C@@H](C)NC(=O)OC(C)(C)C)cc1. The van der Waals surface area contributed by atoms with Gasteiger partial charge in [0, 0.05) is 5.69 Å². The average Bonchev–Trinajstić information content (AvgIpc) is 2.37. The number of hydrogen-bond donors (Lipinski definition) is 2. The van der Waals surface area contributed by atoms with Crippen LogP contribution in [-0.4, -0.2) is 23.6 Å². The molecule has 0 fully saturated rings. The highest BCUT2D eigenvalue weighted by Crippen LogP contribution is 2.11. The van der Waals surface area contributed by atoms with E-state index in [9.17, 15) is 9.59 Å². The van der Waals surface area contributed by atoms with Gasteiger partial charge in [0.2, 0.25) is 5.91 Å². The highest BCUT2D eigenvalue weighted by atomic mass is 16.6. The van der Waals surface area contributed by atoms with Gasteiger partial charge in [0.1, 0.15) is 11.6 Å². The lowest BCUT2D eigenvalue weighted by Gasteiger charge is -2.21. The van der Waals surface area contributed by atoms with Crippen molar-refractivity contribution in [3.8, 4) is 0 Å². The monoisotopic (exact) mass is 292 g/mol. The molecule has 5 heteroatoms. The molecule has 1 atom stereocenters. The summed E-state index contributed by atoms with van der Waals surface area (Å²) in [6.45, 7) is 8.99. The number of anilines is 1. The number of aryl methyl sites for hydroxylation is 1. The Labute approximate surface area is 126 Å². The van der Waals surface area contributed by atoms with Crippen molar-refractivity contribution in [2.24, 2.45) is 0 Å². The second-order valence-electron chi connectivity index (χ2n) is 5.91. The second kappa shape index (κ2) is 7.11. The highest BCUT2D eigenvalue weighted by Gasteiger charge is 2.20. The van der Waals surface area contributed by atoms with Crippen molar-refractivity contribution in [3.05, 3.63) is 29.8 Å². The minimum atomic E-state index is -0.675. The molecule has 0 aliphatic carbocycles. The standard InChI is InChI=1S/C16H24N2O3/c1-6-12-7-9-13(10-8-12)18-14(19)11(2)17-15(20)21-16(3,4)5/h7-11H,6H2,1-5H3,(H,17,20)(H,18,19)/t11-/m1/s1. The molecule has 1 aromatic rings. The molecule has 0 aromatic heterocycles. The van der Waals surface area contributed by atoms with E-state index < -0.39 is 17.7 Å². The molecule has 2 amide bonds. The second-order valence-corrected chi connectivity index (χ2v) is 5.91. The van der Waals surface area contributed by atoms with Gasteiger partial charge in [-0.15, -0.1) is 0 Å². The van der Waals surface area contributed by atoms with E-state index in [4.69, 9.17) is 4.74 Å². The summed E-state index contributed by atoms with van der Waals surface area (Å²) in [5, 5.41) is 5.26. The molecule has 0 aliphatic heterocycles. The normalized spacial score (nSPS) is 12.4. The van der Waals surface area contributed by atoms with Crippen LogP contribution in [0.3, 0.4) is 0 Å². The summed E-state index contributed by atoms with van der Waals surface area (Å²) >= 11 is 0. The summed E-state index contributed by atoms with van der Waals surface area (Å²) in [7, 11) is 0. The molecule has 21 heavy (non-hydrogen) atoms. The van der Waals surface area contributed by atoms with Gasteiger partial charge in [0.05, 0.1) is 0 Å². The number of carbonyl (C=O) groups excluding carboxylic acids is 2. The van der Waals surface area contributed by atoms with Crippen LogP contribution in [-0.2, 0) is 16.0 Å². The highest BCUT2D eigenvalue weighted by molar-refractivity contribution is 5.96. The van der Waals surface area contributed by atoms with E-state index in [1.807, 2.05) is 24.3 Å². The quantitative estimate of drug-likeness (QED) is 0.896. The molecule has 1 aromatic carbocycles. The number of benzene rings is 1. The van der Waals surface area contributed by atoms with E-state index in [2.05, 4.69) is 17.6 Å². The first-order chi connectivity index (χ1) is 9.71. The molecule has 0 bridgehead atoms. The van der Waals surface area contributed by atoms with Crippen LogP contribution in [0.5, 0.6) is 0 Å². The summed E-state index contributed by atoms with van der Waals surface area (Å²) < 4.78 is 5.11. The van der Waals surface area contributed by atoms with Gasteiger partial charge in [-0.2, -0.15) is 0 Å². The molecule has 0 aliphatic rings. The first-order valence-electron chi connectivity index (χ1n) is 7.10. The molecule has 0 unspecified atom stereocenters. The molecule has 2 N–H and O–H groups in total. The molecular weight excluding hydrogens is 268 g/mol. The molecule has 5 nitrogen and oxygen atoms in total. The maximum atomic E-state index is 12.0. The van der Waals surface area contributed by atoms with Crippen molar-refractivity contribution >= 4 is 17.7 Å². The van der Waals surface area contributed by atoms with Crippen LogP contribution in [0.1, 0.15) is 40.2 Å². The minimum absolute atomic E-state index is 0.287. The fourth-order valence-electron chi connectivity index (χ4n) is 1.62. The maximum Gasteiger partial charge on any atom is 0.408 e. The van der Waals surface area contributed by atoms with Crippen LogP contribution >= 0.6 is 0 Å². The van der Waals surface area contributed by atoms with Gasteiger partial charge < -0.3 is 15.4 Å². The Morgan fingerprint density at radius 3 is 2.24 bits per heavy atom. The Morgan fingerprint density at radius 1 is 1.19 bits per heavy atom. The predicted molar refractivity (Wildman–Crippen MR) is 83.3 cm³/mol. The first-order valence-corrected chi connectivity index (χ1v) is 7.10. The number of alkyl carbamates (subject to hydrolysis) is 1. The van der Waals surface area contributed by atoms with Crippen LogP contribution in [0.2, 0.25) is 0 Å². The number of ether oxygens (including phenoxy) is 1. The number of hydrogen-bond acceptors (Lipinski definition) is 3. The summed E-state index contributed by atoms with van der Waals surface area (Å²) in [6, 6.07) is 6.93. The van der Waals surface area contributed by atoms with Crippen LogP contribution in [0, 0.1) is 0 Å². The lowest BCUT2D eigenvalue weighted by atomic mass is 10.1. The zero-order valence-electron chi connectivity index (χ0n) is 13.3. The van der Waals surface area contributed by atoms with Crippen LogP contribution in [0.25, 0.3) is 0 Å². The largest absolute Gasteiger partial charge is 0.444 e. The Hall–Kier alpha value is -2.04.